The molecule has 3 aromatic carbocycles. The maximum Gasteiger partial charge on any atom is 0.265 e. The molecule has 0 aliphatic heterocycles. The number of oxime groups is 1. The zero-order valence-electron chi connectivity index (χ0n) is 17.7. The van der Waals surface area contributed by atoms with E-state index in [1.807, 2.05) is 6.92 Å². The zero-order valence-corrected chi connectivity index (χ0v) is 19.2. The van der Waals surface area contributed by atoms with Crippen LogP contribution in [0.5, 0.6) is 11.5 Å². The van der Waals surface area contributed by atoms with Crippen LogP contribution in [0, 0.1) is 5.82 Å². The molecule has 3 rings (SSSR count). The number of benzene rings is 3. The van der Waals surface area contributed by atoms with E-state index >= 15 is 0 Å². The summed E-state index contributed by atoms with van der Waals surface area (Å²) in [4.78, 5) is 17.0. The van der Waals surface area contributed by atoms with E-state index in [0.29, 0.717) is 39.9 Å². The Morgan fingerprint density at radius 2 is 1.85 bits per heavy atom. The molecule has 0 saturated heterocycles. The van der Waals surface area contributed by atoms with Crippen molar-refractivity contribution in [2.75, 3.05) is 18.5 Å². The summed E-state index contributed by atoms with van der Waals surface area (Å²) in [7, 11) is 0. The van der Waals surface area contributed by atoms with Crippen LogP contribution in [0.15, 0.2) is 65.8 Å². The zero-order chi connectivity index (χ0) is 23.6. The molecule has 0 heterocycles. The highest BCUT2D eigenvalue weighted by atomic mass is 35.5. The van der Waals surface area contributed by atoms with Crippen molar-refractivity contribution in [3.63, 3.8) is 0 Å². The Morgan fingerprint density at radius 1 is 1.09 bits per heavy atom. The Bertz CT molecular complexity index is 1120. The van der Waals surface area contributed by atoms with Gasteiger partial charge in [-0.05, 0) is 49.4 Å². The van der Waals surface area contributed by atoms with Gasteiger partial charge in [-0.3, -0.25) is 4.79 Å². The van der Waals surface area contributed by atoms with Crippen LogP contribution >= 0.6 is 23.2 Å². The number of carbonyl (C=O) groups excluding carboxylic acids is 1. The van der Waals surface area contributed by atoms with E-state index < -0.39 is 0 Å². The van der Waals surface area contributed by atoms with Crippen LogP contribution in [0.4, 0.5) is 10.1 Å². The third-order valence-electron chi connectivity index (χ3n) is 4.26. The fourth-order valence-electron chi connectivity index (χ4n) is 2.76. The van der Waals surface area contributed by atoms with Gasteiger partial charge in [0.25, 0.3) is 5.91 Å². The molecule has 0 saturated carbocycles. The molecule has 33 heavy (non-hydrogen) atoms. The SMILES string of the molecule is CCOc1cc(C=NOCC(=O)Nc2ccc(Cl)cc2)cc(Cl)c1OCc1ccccc1F. The molecule has 0 spiro atoms. The number of nitrogens with one attached hydrogen (secondary N) is 1. The van der Waals surface area contributed by atoms with Crippen molar-refractivity contribution in [1.82, 2.24) is 0 Å². The molecule has 6 nitrogen and oxygen atoms in total. The summed E-state index contributed by atoms with van der Waals surface area (Å²) in [6, 6.07) is 16.3. The molecule has 0 radical (unpaired) electrons. The topological polar surface area (TPSA) is 69.2 Å². The van der Waals surface area contributed by atoms with E-state index in [2.05, 4.69) is 10.5 Å². The van der Waals surface area contributed by atoms with Gasteiger partial charge < -0.3 is 19.6 Å². The quantitative estimate of drug-likeness (QED) is 0.275. The summed E-state index contributed by atoms with van der Waals surface area (Å²) in [6.45, 7) is 1.90. The number of rotatable bonds is 10. The number of anilines is 1. The molecule has 1 N–H and O–H groups in total. The Balaban J connectivity index is 1.60. The van der Waals surface area contributed by atoms with Gasteiger partial charge in [0.15, 0.2) is 18.1 Å². The smallest absolute Gasteiger partial charge is 0.265 e. The van der Waals surface area contributed by atoms with Crippen LogP contribution in [0.3, 0.4) is 0 Å². The second kappa shape index (κ2) is 12.1. The molecule has 9 heteroatoms. The number of nitrogens with zero attached hydrogens (tertiary/aromatic N) is 1. The molecule has 0 atom stereocenters. The van der Waals surface area contributed by atoms with Gasteiger partial charge >= 0.3 is 0 Å². The Kier molecular flexibility index (Phi) is 8.92. The molecule has 0 aliphatic carbocycles. The average molecular weight is 491 g/mol. The van der Waals surface area contributed by atoms with Gasteiger partial charge in [0.05, 0.1) is 17.8 Å². The predicted octanol–water partition coefficient (Wildman–Crippen LogP) is 6.10. The normalized spacial score (nSPS) is 10.8. The van der Waals surface area contributed by atoms with Gasteiger partial charge in [-0.2, -0.15) is 0 Å². The largest absolute Gasteiger partial charge is 0.490 e. The summed E-state index contributed by atoms with van der Waals surface area (Å²) in [5.41, 5.74) is 1.56. The molecular formula is C24H21Cl2FN2O4. The van der Waals surface area contributed by atoms with Gasteiger partial charge in [-0.1, -0.05) is 46.6 Å². The van der Waals surface area contributed by atoms with Crippen LogP contribution in [0.25, 0.3) is 0 Å². The van der Waals surface area contributed by atoms with E-state index in [1.165, 1.54) is 12.3 Å². The van der Waals surface area contributed by atoms with Crippen LogP contribution in [-0.4, -0.2) is 25.3 Å². The van der Waals surface area contributed by atoms with Crippen molar-refractivity contribution in [3.8, 4) is 11.5 Å². The number of hydrogen-bond donors (Lipinski definition) is 1. The summed E-state index contributed by atoms with van der Waals surface area (Å²) < 4.78 is 25.2. The highest BCUT2D eigenvalue weighted by Gasteiger charge is 2.13. The minimum atomic E-state index is -0.376. The van der Waals surface area contributed by atoms with Gasteiger partial charge in [0, 0.05) is 21.8 Å². The molecule has 0 bridgehead atoms. The predicted molar refractivity (Wildman–Crippen MR) is 127 cm³/mol. The Morgan fingerprint density at radius 3 is 2.58 bits per heavy atom. The summed E-state index contributed by atoms with van der Waals surface area (Å²) >= 11 is 12.2. The first kappa shape index (κ1) is 24.4. The maximum atomic E-state index is 13.9. The van der Waals surface area contributed by atoms with E-state index in [1.54, 1.807) is 54.6 Å². The second-order valence-electron chi connectivity index (χ2n) is 6.71. The van der Waals surface area contributed by atoms with E-state index in [9.17, 15) is 9.18 Å². The Labute approximate surface area is 200 Å². The fraction of sp³-hybridized carbons (Fsp3) is 0.167. The molecule has 0 aliphatic rings. The summed E-state index contributed by atoms with van der Waals surface area (Å²) in [5.74, 6) is -0.0718. The first-order valence-electron chi connectivity index (χ1n) is 9.99. The molecular weight excluding hydrogens is 470 g/mol. The lowest BCUT2D eigenvalue weighted by Gasteiger charge is -2.14. The van der Waals surface area contributed by atoms with E-state index in [-0.39, 0.29) is 30.0 Å². The molecule has 172 valence electrons. The molecule has 0 fully saturated rings. The van der Waals surface area contributed by atoms with E-state index in [4.69, 9.17) is 37.5 Å². The number of hydrogen-bond acceptors (Lipinski definition) is 5. The molecule has 1 amide bonds. The van der Waals surface area contributed by atoms with E-state index in [0.717, 1.165) is 0 Å². The highest BCUT2D eigenvalue weighted by molar-refractivity contribution is 6.32. The first-order chi connectivity index (χ1) is 16.0. The number of ether oxygens (including phenoxy) is 2. The lowest BCUT2D eigenvalue weighted by atomic mass is 10.2. The van der Waals surface area contributed by atoms with Crippen LogP contribution in [-0.2, 0) is 16.2 Å². The van der Waals surface area contributed by atoms with Crippen molar-refractivity contribution >= 4 is 41.0 Å². The Hall–Kier alpha value is -3.29. The maximum absolute atomic E-state index is 13.9. The third kappa shape index (κ3) is 7.37. The van der Waals surface area contributed by atoms with Crippen LogP contribution in [0.2, 0.25) is 10.0 Å². The third-order valence-corrected chi connectivity index (χ3v) is 4.79. The molecule has 0 unspecified atom stereocenters. The first-order valence-corrected chi connectivity index (χ1v) is 10.7. The lowest BCUT2D eigenvalue weighted by molar-refractivity contribution is -0.120. The summed E-state index contributed by atoms with van der Waals surface area (Å²) in [6.07, 6.45) is 1.39. The van der Waals surface area contributed by atoms with Gasteiger partial charge in [0.2, 0.25) is 0 Å². The molecule has 0 aromatic heterocycles. The minimum absolute atomic E-state index is 0.00819. The van der Waals surface area contributed by atoms with Crippen molar-refractivity contribution in [3.05, 3.63) is 87.7 Å². The van der Waals surface area contributed by atoms with Gasteiger partial charge in [0.1, 0.15) is 12.4 Å². The molecule has 3 aromatic rings. The minimum Gasteiger partial charge on any atom is -0.490 e. The van der Waals surface area contributed by atoms with Crippen LogP contribution < -0.4 is 14.8 Å². The van der Waals surface area contributed by atoms with Crippen molar-refractivity contribution < 1.29 is 23.5 Å². The van der Waals surface area contributed by atoms with Gasteiger partial charge in [-0.25, -0.2) is 4.39 Å². The number of amides is 1. The highest BCUT2D eigenvalue weighted by Crippen LogP contribution is 2.37. The lowest BCUT2D eigenvalue weighted by Crippen LogP contribution is -2.16. The second-order valence-corrected chi connectivity index (χ2v) is 7.55. The van der Waals surface area contributed by atoms with Crippen LogP contribution in [0.1, 0.15) is 18.1 Å². The standard InChI is InChI=1S/C24H21Cl2FN2O4/c1-2-31-22-12-16(11-20(26)24(22)32-14-17-5-3-4-6-21(17)27)13-28-33-15-23(30)29-19-9-7-18(25)8-10-19/h3-13H,2,14-15H2,1H3,(H,29,30). The monoisotopic (exact) mass is 490 g/mol. The number of carbonyl (C=O) groups is 1. The van der Waals surface area contributed by atoms with Gasteiger partial charge in [-0.15, -0.1) is 0 Å². The summed E-state index contributed by atoms with van der Waals surface area (Å²) in [5, 5.41) is 7.30. The van der Waals surface area contributed by atoms with Crippen molar-refractivity contribution in [2.45, 2.75) is 13.5 Å². The number of halogens is 3. The average Bonchev–Trinajstić information content (AvgIpc) is 2.79. The van der Waals surface area contributed by atoms with Crippen molar-refractivity contribution in [2.24, 2.45) is 5.16 Å². The van der Waals surface area contributed by atoms with Crippen molar-refractivity contribution in [1.29, 1.82) is 0 Å². The fourth-order valence-corrected chi connectivity index (χ4v) is 3.15.